The molecule has 0 unspecified atom stereocenters. The summed E-state index contributed by atoms with van der Waals surface area (Å²) in [5.41, 5.74) is -0.0680. The van der Waals surface area contributed by atoms with Crippen molar-refractivity contribution < 1.29 is 29.7 Å². The Morgan fingerprint density at radius 3 is 1.91 bits per heavy atom. The van der Waals surface area contributed by atoms with Crippen molar-refractivity contribution in [1.29, 1.82) is 0 Å². The number of hydrogen-bond donors (Lipinski definition) is 3. The van der Waals surface area contributed by atoms with Gasteiger partial charge in [-0.05, 0) is 36.4 Å². The van der Waals surface area contributed by atoms with Gasteiger partial charge in [-0.15, -0.1) is 0 Å². The summed E-state index contributed by atoms with van der Waals surface area (Å²) in [5, 5.41) is 27.0. The van der Waals surface area contributed by atoms with Gasteiger partial charge in [0.05, 0.1) is 16.7 Å². The Bertz CT molecular complexity index is 853. The number of hydrogen-bond acceptors (Lipinski definition) is 3. The molecule has 2 rings (SSSR count). The van der Waals surface area contributed by atoms with Gasteiger partial charge in [0.1, 0.15) is 0 Å². The van der Waals surface area contributed by atoms with Crippen LogP contribution in [0.5, 0.6) is 0 Å². The predicted molar refractivity (Wildman–Crippen MR) is 79.7 cm³/mol. The number of benzene rings is 2. The van der Waals surface area contributed by atoms with Crippen LogP contribution in [0.25, 0.3) is 0 Å². The molecular formula is C17H10O6. The molecule has 2 aromatic carbocycles. The summed E-state index contributed by atoms with van der Waals surface area (Å²) in [6.07, 6.45) is 0. The third-order valence-corrected chi connectivity index (χ3v) is 2.98. The zero-order valence-corrected chi connectivity index (χ0v) is 11.6. The monoisotopic (exact) mass is 310 g/mol. The minimum Gasteiger partial charge on any atom is -0.478 e. The normalized spacial score (nSPS) is 9.57. The second-order valence-corrected chi connectivity index (χ2v) is 4.47. The molecule has 6 heteroatoms. The molecule has 0 aromatic heterocycles. The molecule has 0 amide bonds. The highest BCUT2D eigenvalue weighted by Gasteiger charge is 2.18. The topological polar surface area (TPSA) is 112 Å². The lowest BCUT2D eigenvalue weighted by atomic mass is 10.0. The Hall–Kier alpha value is -3.59. The van der Waals surface area contributed by atoms with Crippen LogP contribution in [0.4, 0.5) is 0 Å². The lowest BCUT2D eigenvalue weighted by molar-refractivity contribution is 0.0651. The smallest absolute Gasteiger partial charge is 0.337 e. The van der Waals surface area contributed by atoms with Crippen LogP contribution in [0.1, 0.15) is 42.2 Å². The molecule has 6 nitrogen and oxygen atoms in total. The zero-order chi connectivity index (χ0) is 17.0. The van der Waals surface area contributed by atoms with E-state index in [1.165, 1.54) is 42.5 Å². The molecule has 0 saturated heterocycles. The maximum Gasteiger partial charge on any atom is 0.337 e. The molecular weight excluding hydrogens is 300 g/mol. The van der Waals surface area contributed by atoms with E-state index < -0.39 is 17.9 Å². The summed E-state index contributed by atoms with van der Waals surface area (Å²) in [6.45, 7) is 0. The van der Waals surface area contributed by atoms with E-state index in [9.17, 15) is 19.5 Å². The van der Waals surface area contributed by atoms with Crippen molar-refractivity contribution in [2.75, 3.05) is 0 Å². The predicted octanol–water partition coefficient (Wildman–Crippen LogP) is 2.18. The van der Waals surface area contributed by atoms with E-state index in [0.29, 0.717) is 5.56 Å². The van der Waals surface area contributed by atoms with Gasteiger partial charge in [0.2, 0.25) is 0 Å². The lowest BCUT2D eigenvalue weighted by Gasteiger charge is -2.03. The molecule has 0 fully saturated rings. The highest BCUT2D eigenvalue weighted by molar-refractivity contribution is 6.03. The Kier molecular flexibility index (Phi) is 4.43. The summed E-state index contributed by atoms with van der Waals surface area (Å²) in [6, 6.07) is 9.73. The third kappa shape index (κ3) is 3.54. The van der Waals surface area contributed by atoms with E-state index in [-0.39, 0.29) is 22.3 Å². The van der Waals surface area contributed by atoms with Crippen LogP contribution in [0, 0.1) is 11.8 Å². The van der Waals surface area contributed by atoms with Gasteiger partial charge in [-0.25, -0.2) is 14.4 Å². The van der Waals surface area contributed by atoms with Crippen molar-refractivity contribution in [2.24, 2.45) is 0 Å². The van der Waals surface area contributed by atoms with Gasteiger partial charge in [-0.3, -0.25) is 0 Å². The van der Waals surface area contributed by atoms with Gasteiger partial charge < -0.3 is 15.3 Å². The van der Waals surface area contributed by atoms with Crippen LogP contribution < -0.4 is 0 Å². The molecule has 3 N–H and O–H groups in total. The fourth-order valence-electron chi connectivity index (χ4n) is 1.90. The molecule has 0 spiro atoms. The number of aromatic carboxylic acids is 3. The van der Waals surface area contributed by atoms with Crippen molar-refractivity contribution in [1.82, 2.24) is 0 Å². The van der Waals surface area contributed by atoms with Crippen molar-refractivity contribution in [3.05, 3.63) is 70.3 Å². The molecule has 114 valence electrons. The molecule has 23 heavy (non-hydrogen) atoms. The van der Waals surface area contributed by atoms with Crippen LogP contribution in [0.2, 0.25) is 0 Å². The Balaban J connectivity index is 2.45. The van der Waals surface area contributed by atoms with Crippen LogP contribution in [0.3, 0.4) is 0 Å². The Labute approximate surface area is 130 Å². The van der Waals surface area contributed by atoms with Crippen LogP contribution >= 0.6 is 0 Å². The second kappa shape index (κ2) is 6.45. The molecule has 0 heterocycles. The average Bonchev–Trinajstić information content (AvgIpc) is 2.52. The Morgan fingerprint density at radius 1 is 0.739 bits per heavy atom. The van der Waals surface area contributed by atoms with Gasteiger partial charge in [0, 0.05) is 11.1 Å². The number of carbonyl (C=O) groups is 3. The first-order chi connectivity index (χ1) is 10.9. The number of carboxylic acids is 3. The van der Waals surface area contributed by atoms with Crippen LogP contribution in [-0.2, 0) is 0 Å². The second-order valence-electron chi connectivity index (χ2n) is 4.47. The van der Waals surface area contributed by atoms with Crippen LogP contribution in [-0.4, -0.2) is 33.2 Å². The van der Waals surface area contributed by atoms with E-state index in [1.807, 2.05) is 0 Å². The average molecular weight is 310 g/mol. The largest absolute Gasteiger partial charge is 0.478 e. The van der Waals surface area contributed by atoms with Crippen molar-refractivity contribution in [3.8, 4) is 11.8 Å². The summed E-state index contributed by atoms with van der Waals surface area (Å²) in [4.78, 5) is 33.1. The third-order valence-electron chi connectivity index (χ3n) is 2.98. The van der Waals surface area contributed by atoms with Gasteiger partial charge in [-0.2, -0.15) is 0 Å². The summed E-state index contributed by atoms with van der Waals surface area (Å²) < 4.78 is 0. The first kappa shape index (κ1) is 15.8. The van der Waals surface area contributed by atoms with E-state index >= 15 is 0 Å². The molecule has 0 aliphatic carbocycles. The summed E-state index contributed by atoms with van der Waals surface area (Å²) >= 11 is 0. The Morgan fingerprint density at radius 2 is 1.39 bits per heavy atom. The van der Waals surface area contributed by atoms with E-state index in [1.54, 1.807) is 0 Å². The lowest BCUT2D eigenvalue weighted by Crippen LogP contribution is -2.10. The molecule has 0 aliphatic rings. The zero-order valence-electron chi connectivity index (χ0n) is 11.6. The highest BCUT2D eigenvalue weighted by atomic mass is 16.4. The van der Waals surface area contributed by atoms with E-state index in [4.69, 9.17) is 10.2 Å². The molecule has 0 radical (unpaired) electrons. The van der Waals surface area contributed by atoms with E-state index in [0.717, 1.165) is 0 Å². The maximum atomic E-state index is 11.3. The summed E-state index contributed by atoms with van der Waals surface area (Å²) in [5.74, 6) is 1.51. The standard InChI is InChI=1S/C17H10O6/c18-15(19)12-8-5-10(6-9-12)4-7-11-2-1-3-13(16(20)21)14(11)17(22)23/h1-3,5-6,8-9H,(H,18,19)(H,20,21)(H,22,23). The number of rotatable bonds is 3. The summed E-state index contributed by atoms with van der Waals surface area (Å²) in [7, 11) is 0. The quantitative estimate of drug-likeness (QED) is 0.749. The van der Waals surface area contributed by atoms with Crippen molar-refractivity contribution in [3.63, 3.8) is 0 Å². The maximum absolute atomic E-state index is 11.3. The van der Waals surface area contributed by atoms with Gasteiger partial charge in [0.25, 0.3) is 0 Å². The fraction of sp³-hybridized carbons (Fsp3) is 0. The van der Waals surface area contributed by atoms with Gasteiger partial charge in [0.15, 0.2) is 0 Å². The molecule has 0 atom stereocenters. The molecule has 0 saturated carbocycles. The van der Waals surface area contributed by atoms with E-state index in [2.05, 4.69) is 11.8 Å². The van der Waals surface area contributed by atoms with Crippen LogP contribution in [0.15, 0.2) is 42.5 Å². The SMILES string of the molecule is O=C(O)c1ccc(C#Cc2cccc(C(=O)O)c2C(=O)O)cc1. The fourth-order valence-corrected chi connectivity index (χ4v) is 1.90. The molecule has 0 aliphatic heterocycles. The van der Waals surface area contributed by atoms with Crippen molar-refractivity contribution in [2.45, 2.75) is 0 Å². The number of carboxylic acid groups (broad SMARTS) is 3. The first-order valence-corrected chi connectivity index (χ1v) is 6.35. The van der Waals surface area contributed by atoms with Crippen molar-refractivity contribution >= 4 is 17.9 Å². The van der Waals surface area contributed by atoms with Gasteiger partial charge in [-0.1, -0.05) is 17.9 Å². The molecule has 0 bridgehead atoms. The highest BCUT2D eigenvalue weighted by Crippen LogP contribution is 2.15. The minimum absolute atomic E-state index is 0.0692. The molecule has 2 aromatic rings. The first-order valence-electron chi connectivity index (χ1n) is 6.35. The van der Waals surface area contributed by atoms with Gasteiger partial charge >= 0.3 is 17.9 Å². The minimum atomic E-state index is -1.38.